The normalized spacial score (nSPS) is 12.8. The summed E-state index contributed by atoms with van der Waals surface area (Å²) in [6, 6.07) is 5.13. The Morgan fingerprint density at radius 3 is 2.41 bits per heavy atom. The Balaban J connectivity index is 1.72. The number of carbonyl (C=O) groups is 3. The van der Waals surface area contributed by atoms with Gasteiger partial charge < -0.3 is 34.5 Å². The molecule has 0 bridgehead atoms. The molecule has 0 fully saturated rings. The first kappa shape index (κ1) is 30.1. The minimum absolute atomic E-state index is 0.0656. The number of carbonyl (C=O) groups excluding carboxylic acids is 3. The molecular formula is C27H43N3O7. The standard InChI is InChI=1S/C27H43N3O7/c1-19(2)16-30(17-20(3)4)27(33)35-13-12-28-26(32)29-22(15-25(31)34-5)9-7-6-8-21-10-11-23-24(14-21)37-18-36-23/h10-11,14,19-20,22H,6-9,12-13,15-18H2,1-5H3,(H2,28,29,32)/t22-/m0/s1. The summed E-state index contributed by atoms with van der Waals surface area (Å²) in [5.41, 5.74) is 1.15. The van der Waals surface area contributed by atoms with Gasteiger partial charge in [0.2, 0.25) is 6.79 Å². The molecule has 2 rings (SSSR count). The summed E-state index contributed by atoms with van der Waals surface area (Å²) in [5, 5.41) is 5.54. The van der Waals surface area contributed by atoms with Crippen LogP contribution in [0.5, 0.6) is 11.5 Å². The lowest BCUT2D eigenvalue weighted by molar-refractivity contribution is -0.141. The summed E-state index contributed by atoms with van der Waals surface area (Å²) in [5.74, 6) is 1.80. The van der Waals surface area contributed by atoms with Crippen molar-refractivity contribution in [2.75, 3.05) is 40.1 Å². The summed E-state index contributed by atoms with van der Waals surface area (Å²) in [6.45, 7) is 9.93. The molecule has 0 aromatic heterocycles. The van der Waals surface area contributed by atoms with Crippen molar-refractivity contribution >= 4 is 18.1 Å². The molecule has 208 valence electrons. The first-order valence-corrected chi connectivity index (χ1v) is 13.1. The number of ether oxygens (including phenoxy) is 4. The number of hydrogen-bond donors (Lipinski definition) is 2. The minimum Gasteiger partial charge on any atom is -0.469 e. The summed E-state index contributed by atoms with van der Waals surface area (Å²) >= 11 is 0. The Hall–Kier alpha value is -3.17. The van der Waals surface area contributed by atoms with E-state index in [1.807, 2.05) is 18.2 Å². The molecule has 0 saturated heterocycles. The summed E-state index contributed by atoms with van der Waals surface area (Å²) in [7, 11) is 1.33. The predicted octanol–water partition coefficient (Wildman–Crippen LogP) is 4.11. The van der Waals surface area contributed by atoms with E-state index in [-0.39, 0.29) is 44.5 Å². The van der Waals surface area contributed by atoms with Gasteiger partial charge in [-0.2, -0.15) is 0 Å². The van der Waals surface area contributed by atoms with Crippen molar-refractivity contribution in [3.05, 3.63) is 23.8 Å². The molecule has 2 N–H and O–H groups in total. The van der Waals surface area contributed by atoms with Crippen LogP contribution in [0.2, 0.25) is 0 Å². The maximum Gasteiger partial charge on any atom is 0.409 e. The molecule has 1 aliphatic heterocycles. The average Bonchev–Trinajstić information content (AvgIpc) is 3.31. The SMILES string of the molecule is COC(=O)C[C@H](CCCCc1ccc2c(c1)OCO2)NC(=O)NCCOC(=O)N(CC(C)C)CC(C)C. The van der Waals surface area contributed by atoms with Crippen molar-refractivity contribution < 1.29 is 33.3 Å². The van der Waals surface area contributed by atoms with Crippen molar-refractivity contribution in [1.82, 2.24) is 15.5 Å². The first-order valence-electron chi connectivity index (χ1n) is 13.1. The molecule has 0 saturated carbocycles. The van der Waals surface area contributed by atoms with Crippen LogP contribution >= 0.6 is 0 Å². The second kappa shape index (κ2) is 15.8. The van der Waals surface area contributed by atoms with Gasteiger partial charge in [-0.1, -0.05) is 40.2 Å². The molecule has 10 heteroatoms. The van der Waals surface area contributed by atoms with E-state index in [0.717, 1.165) is 36.3 Å². The summed E-state index contributed by atoms with van der Waals surface area (Å²) in [4.78, 5) is 38.3. The van der Waals surface area contributed by atoms with Crippen molar-refractivity contribution in [2.45, 2.75) is 65.8 Å². The largest absolute Gasteiger partial charge is 0.469 e. The Labute approximate surface area is 220 Å². The number of esters is 1. The molecule has 0 aliphatic carbocycles. The smallest absolute Gasteiger partial charge is 0.409 e. The third-order valence-corrected chi connectivity index (χ3v) is 5.72. The monoisotopic (exact) mass is 521 g/mol. The number of aryl methyl sites for hydroxylation is 1. The number of amides is 3. The summed E-state index contributed by atoms with van der Waals surface area (Å²) in [6.07, 6.45) is 2.89. The lowest BCUT2D eigenvalue weighted by Crippen LogP contribution is -2.44. The van der Waals surface area contributed by atoms with Gasteiger partial charge in [-0.05, 0) is 48.8 Å². The minimum atomic E-state index is -0.415. The van der Waals surface area contributed by atoms with E-state index in [2.05, 4.69) is 38.3 Å². The zero-order valence-electron chi connectivity index (χ0n) is 22.8. The molecule has 10 nitrogen and oxygen atoms in total. The molecule has 3 amide bonds. The fraction of sp³-hybridized carbons (Fsp3) is 0.667. The number of nitrogens with one attached hydrogen (secondary N) is 2. The highest BCUT2D eigenvalue weighted by Crippen LogP contribution is 2.32. The number of methoxy groups -OCH3 is 1. The third kappa shape index (κ3) is 11.6. The van der Waals surface area contributed by atoms with Gasteiger partial charge in [-0.15, -0.1) is 0 Å². The highest BCUT2D eigenvalue weighted by Gasteiger charge is 2.19. The predicted molar refractivity (Wildman–Crippen MR) is 140 cm³/mol. The van der Waals surface area contributed by atoms with E-state index < -0.39 is 6.03 Å². The molecule has 37 heavy (non-hydrogen) atoms. The second-order valence-corrected chi connectivity index (χ2v) is 10.1. The van der Waals surface area contributed by atoms with Crippen LogP contribution in [0.15, 0.2) is 18.2 Å². The molecule has 0 radical (unpaired) electrons. The van der Waals surface area contributed by atoms with E-state index in [1.165, 1.54) is 7.11 Å². The Morgan fingerprint density at radius 2 is 1.73 bits per heavy atom. The van der Waals surface area contributed by atoms with Gasteiger partial charge in [0, 0.05) is 19.1 Å². The molecule has 1 atom stereocenters. The van der Waals surface area contributed by atoms with E-state index in [9.17, 15) is 14.4 Å². The van der Waals surface area contributed by atoms with Gasteiger partial charge in [0.1, 0.15) is 6.61 Å². The summed E-state index contributed by atoms with van der Waals surface area (Å²) < 4.78 is 20.9. The quantitative estimate of drug-likeness (QED) is 0.264. The second-order valence-electron chi connectivity index (χ2n) is 10.1. The lowest BCUT2D eigenvalue weighted by atomic mass is 10.0. The zero-order valence-corrected chi connectivity index (χ0v) is 22.8. The number of nitrogens with zero attached hydrogens (tertiary/aromatic N) is 1. The molecule has 1 aliphatic rings. The Bertz CT molecular complexity index is 866. The van der Waals surface area contributed by atoms with E-state index >= 15 is 0 Å². The highest BCUT2D eigenvalue weighted by molar-refractivity contribution is 5.76. The van der Waals surface area contributed by atoms with E-state index in [4.69, 9.17) is 18.9 Å². The number of urea groups is 1. The average molecular weight is 522 g/mol. The van der Waals surface area contributed by atoms with Crippen molar-refractivity contribution in [3.63, 3.8) is 0 Å². The Kier molecular flexibility index (Phi) is 12.9. The van der Waals surface area contributed by atoms with Crippen LogP contribution in [0.4, 0.5) is 9.59 Å². The molecule has 1 heterocycles. The lowest BCUT2D eigenvalue weighted by Gasteiger charge is -2.25. The number of fused-ring (bicyclic) bond motifs is 1. The fourth-order valence-electron chi connectivity index (χ4n) is 4.06. The van der Waals surface area contributed by atoms with Gasteiger partial charge in [-0.3, -0.25) is 4.79 Å². The molecule has 1 aromatic carbocycles. The zero-order chi connectivity index (χ0) is 27.2. The van der Waals surface area contributed by atoms with Crippen molar-refractivity contribution in [3.8, 4) is 11.5 Å². The van der Waals surface area contributed by atoms with Gasteiger partial charge in [0.05, 0.1) is 20.1 Å². The molecule has 0 spiro atoms. The number of rotatable bonds is 15. The van der Waals surface area contributed by atoms with Gasteiger partial charge in [0.25, 0.3) is 0 Å². The maximum atomic E-state index is 12.4. The topological polar surface area (TPSA) is 115 Å². The van der Waals surface area contributed by atoms with Crippen LogP contribution in [0.3, 0.4) is 0 Å². The van der Waals surface area contributed by atoms with Crippen LogP contribution in [-0.2, 0) is 20.7 Å². The van der Waals surface area contributed by atoms with Gasteiger partial charge >= 0.3 is 18.1 Å². The molecule has 0 unspecified atom stereocenters. The van der Waals surface area contributed by atoms with Crippen molar-refractivity contribution in [1.29, 1.82) is 0 Å². The highest BCUT2D eigenvalue weighted by atomic mass is 16.7. The van der Waals surface area contributed by atoms with Crippen LogP contribution in [0, 0.1) is 11.8 Å². The molecule has 1 aromatic rings. The maximum absolute atomic E-state index is 12.4. The van der Waals surface area contributed by atoms with E-state index in [1.54, 1.807) is 4.90 Å². The fourth-order valence-corrected chi connectivity index (χ4v) is 4.06. The third-order valence-electron chi connectivity index (χ3n) is 5.72. The molecular weight excluding hydrogens is 478 g/mol. The number of benzene rings is 1. The van der Waals surface area contributed by atoms with Crippen LogP contribution < -0.4 is 20.1 Å². The van der Waals surface area contributed by atoms with Gasteiger partial charge in [0.15, 0.2) is 11.5 Å². The van der Waals surface area contributed by atoms with Crippen molar-refractivity contribution in [2.24, 2.45) is 11.8 Å². The van der Waals surface area contributed by atoms with E-state index in [0.29, 0.717) is 31.3 Å². The number of unbranched alkanes of at least 4 members (excludes halogenated alkanes) is 1. The first-order chi connectivity index (χ1) is 17.7. The number of hydrogen-bond acceptors (Lipinski definition) is 7. The van der Waals surface area contributed by atoms with Gasteiger partial charge in [-0.25, -0.2) is 9.59 Å². The van der Waals surface area contributed by atoms with Crippen LogP contribution in [0.1, 0.15) is 58.9 Å². The Morgan fingerprint density at radius 1 is 1.03 bits per heavy atom. The van der Waals surface area contributed by atoms with Crippen LogP contribution in [-0.4, -0.2) is 69.2 Å². The van der Waals surface area contributed by atoms with Crippen LogP contribution in [0.25, 0.3) is 0 Å².